The molecule has 1 N–H and O–H groups in total. The number of aliphatic hydroxyl groups is 1. The van der Waals surface area contributed by atoms with E-state index in [1.54, 1.807) is 11.3 Å². The van der Waals surface area contributed by atoms with E-state index in [1.807, 2.05) is 31.2 Å². The first kappa shape index (κ1) is 13.3. The Morgan fingerprint density at radius 3 is 2.90 bits per heavy atom. The highest BCUT2D eigenvalue weighted by Gasteiger charge is 2.09. The minimum absolute atomic E-state index is 0.414. The Balaban J connectivity index is 1.77. The number of aromatic nitrogens is 1. The van der Waals surface area contributed by atoms with E-state index in [9.17, 15) is 5.11 Å². The van der Waals surface area contributed by atoms with Crippen LogP contribution < -0.4 is 0 Å². The van der Waals surface area contributed by atoms with Crippen LogP contribution in [0.2, 0.25) is 0 Å². The van der Waals surface area contributed by atoms with Gasteiger partial charge in [0, 0.05) is 16.0 Å². The number of hydrogen-bond donors (Lipinski definition) is 1. The van der Waals surface area contributed by atoms with Crippen molar-refractivity contribution in [3.05, 3.63) is 64.0 Å². The summed E-state index contributed by atoms with van der Waals surface area (Å²) in [5.41, 5.74) is 2.97. The Morgan fingerprint density at radius 2 is 2.10 bits per heavy atom. The summed E-state index contributed by atoms with van der Waals surface area (Å²) in [5.74, 6) is 0. The first-order valence-corrected chi connectivity index (χ1v) is 7.68. The molecule has 0 radical (unpaired) electrons. The van der Waals surface area contributed by atoms with Gasteiger partial charge in [-0.05, 0) is 55.0 Å². The number of pyridine rings is 1. The van der Waals surface area contributed by atoms with E-state index in [4.69, 9.17) is 0 Å². The number of nitrogens with zero attached hydrogens (tertiary/aromatic N) is 1. The molecule has 0 aliphatic heterocycles. The summed E-state index contributed by atoms with van der Waals surface area (Å²) in [4.78, 5) is 5.80. The molecule has 3 rings (SSSR count). The number of benzene rings is 1. The first-order chi connectivity index (χ1) is 9.72. The monoisotopic (exact) mass is 283 g/mol. The van der Waals surface area contributed by atoms with E-state index < -0.39 is 6.10 Å². The molecule has 0 saturated heterocycles. The van der Waals surface area contributed by atoms with Crippen LogP contribution in [0, 0.1) is 6.92 Å². The van der Waals surface area contributed by atoms with Gasteiger partial charge in [-0.25, -0.2) is 0 Å². The average Bonchev–Trinajstić information content (AvgIpc) is 2.97. The Bertz CT molecular complexity index is 706. The lowest BCUT2D eigenvalue weighted by molar-refractivity contribution is 0.168. The van der Waals surface area contributed by atoms with Crippen LogP contribution in [0.3, 0.4) is 0 Å². The van der Waals surface area contributed by atoms with Crippen LogP contribution in [0.4, 0.5) is 0 Å². The van der Waals surface area contributed by atoms with Crippen molar-refractivity contribution in [1.29, 1.82) is 0 Å². The molecular weight excluding hydrogens is 266 g/mol. The van der Waals surface area contributed by atoms with Gasteiger partial charge in [0.25, 0.3) is 0 Å². The topological polar surface area (TPSA) is 33.1 Å². The lowest BCUT2D eigenvalue weighted by atomic mass is 10.0. The Morgan fingerprint density at radius 1 is 1.20 bits per heavy atom. The quantitative estimate of drug-likeness (QED) is 0.775. The maximum atomic E-state index is 10.3. The lowest BCUT2D eigenvalue weighted by Gasteiger charge is -2.11. The van der Waals surface area contributed by atoms with Crippen molar-refractivity contribution in [2.24, 2.45) is 0 Å². The Labute approximate surface area is 122 Å². The third-order valence-electron chi connectivity index (χ3n) is 3.48. The second kappa shape index (κ2) is 5.73. The van der Waals surface area contributed by atoms with Crippen LogP contribution in [-0.4, -0.2) is 10.1 Å². The van der Waals surface area contributed by atoms with Crippen molar-refractivity contribution < 1.29 is 5.11 Å². The Hall–Kier alpha value is -1.71. The minimum atomic E-state index is -0.414. The summed E-state index contributed by atoms with van der Waals surface area (Å²) in [7, 11) is 0. The summed E-state index contributed by atoms with van der Waals surface area (Å²) in [6, 6.07) is 14.2. The van der Waals surface area contributed by atoms with Gasteiger partial charge in [-0.2, -0.15) is 0 Å². The number of hydrogen-bond acceptors (Lipinski definition) is 3. The molecule has 0 fully saturated rings. The van der Waals surface area contributed by atoms with Crippen molar-refractivity contribution in [2.75, 3.05) is 0 Å². The largest absolute Gasteiger partial charge is 0.388 e. The van der Waals surface area contributed by atoms with E-state index in [1.165, 1.54) is 4.88 Å². The maximum Gasteiger partial charge on any atom is 0.0793 e. The summed E-state index contributed by atoms with van der Waals surface area (Å²) in [5, 5.41) is 13.5. The zero-order valence-corrected chi connectivity index (χ0v) is 12.2. The molecule has 2 aromatic heterocycles. The second-order valence-electron chi connectivity index (χ2n) is 5.04. The van der Waals surface area contributed by atoms with Gasteiger partial charge in [-0.3, -0.25) is 4.98 Å². The molecule has 20 heavy (non-hydrogen) atoms. The minimum Gasteiger partial charge on any atom is -0.388 e. The average molecular weight is 283 g/mol. The SMILES string of the molecule is Cc1ccc2cc(C(O)CCc3cccs3)ccc2n1. The van der Waals surface area contributed by atoms with Gasteiger partial charge >= 0.3 is 0 Å². The van der Waals surface area contributed by atoms with Crippen molar-refractivity contribution in [1.82, 2.24) is 4.98 Å². The van der Waals surface area contributed by atoms with Gasteiger partial charge < -0.3 is 5.11 Å². The molecule has 0 saturated carbocycles. The number of fused-ring (bicyclic) bond motifs is 1. The normalized spacial score (nSPS) is 12.7. The molecular formula is C17H17NOS. The third-order valence-corrected chi connectivity index (χ3v) is 4.42. The van der Waals surface area contributed by atoms with Crippen LogP contribution in [0.1, 0.15) is 28.7 Å². The van der Waals surface area contributed by atoms with E-state index >= 15 is 0 Å². The fraction of sp³-hybridized carbons (Fsp3) is 0.235. The smallest absolute Gasteiger partial charge is 0.0793 e. The fourth-order valence-corrected chi connectivity index (χ4v) is 3.08. The third kappa shape index (κ3) is 2.89. The van der Waals surface area contributed by atoms with Gasteiger partial charge in [0.2, 0.25) is 0 Å². The maximum absolute atomic E-state index is 10.3. The van der Waals surface area contributed by atoms with E-state index in [0.29, 0.717) is 0 Å². The molecule has 0 spiro atoms. The highest BCUT2D eigenvalue weighted by atomic mass is 32.1. The molecule has 0 bridgehead atoms. The highest BCUT2D eigenvalue weighted by molar-refractivity contribution is 7.09. The van der Waals surface area contributed by atoms with E-state index in [2.05, 4.69) is 28.6 Å². The van der Waals surface area contributed by atoms with E-state index in [0.717, 1.165) is 35.0 Å². The van der Waals surface area contributed by atoms with Gasteiger partial charge in [0.1, 0.15) is 0 Å². The molecule has 0 aliphatic rings. The van der Waals surface area contributed by atoms with Gasteiger partial charge in [0.05, 0.1) is 11.6 Å². The number of thiophene rings is 1. The fourth-order valence-electron chi connectivity index (χ4n) is 2.35. The molecule has 3 aromatic rings. The predicted octanol–water partition coefficient (Wildman–Crippen LogP) is 4.27. The zero-order valence-electron chi connectivity index (χ0n) is 11.4. The number of aliphatic hydroxyl groups excluding tert-OH is 1. The molecule has 1 atom stereocenters. The molecule has 3 heteroatoms. The molecule has 1 aromatic carbocycles. The lowest BCUT2D eigenvalue weighted by Crippen LogP contribution is -1.99. The Kier molecular flexibility index (Phi) is 3.81. The summed E-state index contributed by atoms with van der Waals surface area (Å²) in [6.07, 6.45) is 1.26. The molecule has 102 valence electrons. The number of rotatable bonds is 4. The second-order valence-corrected chi connectivity index (χ2v) is 6.07. The van der Waals surface area contributed by atoms with Gasteiger partial charge in [-0.1, -0.05) is 18.2 Å². The highest BCUT2D eigenvalue weighted by Crippen LogP contribution is 2.24. The van der Waals surface area contributed by atoms with Crippen LogP contribution in [-0.2, 0) is 6.42 Å². The standard InChI is InChI=1S/C17H17NOS/c1-12-4-5-13-11-14(6-8-16(13)18-12)17(19)9-7-15-3-2-10-20-15/h2-6,8,10-11,17,19H,7,9H2,1H3. The van der Waals surface area contributed by atoms with Crippen molar-refractivity contribution >= 4 is 22.2 Å². The predicted molar refractivity (Wildman–Crippen MR) is 84.1 cm³/mol. The first-order valence-electron chi connectivity index (χ1n) is 6.80. The van der Waals surface area contributed by atoms with Crippen LogP contribution in [0.25, 0.3) is 10.9 Å². The van der Waals surface area contributed by atoms with Crippen molar-refractivity contribution in [2.45, 2.75) is 25.9 Å². The van der Waals surface area contributed by atoms with Crippen LogP contribution in [0.15, 0.2) is 47.8 Å². The molecule has 1 unspecified atom stereocenters. The zero-order chi connectivity index (χ0) is 13.9. The molecule has 2 nitrogen and oxygen atoms in total. The number of aryl methyl sites for hydroxylation is 2. The molecule has 0 aliphatic carbocycles. The van der Waals surface area contributed by atoms with Crippen LogP contribution in [0.5, 0.6) is 0 Å². The summed E-state index contributed by atoms with van der Waals surface area (Å²) < 4.78 is 0. The summed E-state index contributed by atoms with van der Waals surface area (Å²) in [6.45, 7) is 1.99. The molecule has 0 amide bonds. The van der Waals surface area contributed by atoms with Crippen LogP contribution >= 0.6 is 11.3 Å². The molecule has 2 heterocycles. The van der Waals surface area contributed by atoms with Crippen molar-refractivity contribution in [3.63, 3.8) is 0 Å². The van der Waals surface area contributed by atoms with E-state index in [-0.39, 0.29) is 0 Å². The van der Waals surface area contributed by atoms with Gasteiger partial charge in [0.15, 0.2) is 0 Å². The van der Waals surface area contributed by atoms with Crippen molar-refractivity contribution in [3.8, 4) is 0 Å². The summed E-state index contributed by atoms with van der Waals surface area (Å²) >= 11 is 1.74. The van der Waals surface area contributed by atoms with Gasteiger partial charge in [-0.15, -0.1) is 11.3 Å².